The van der Waals surface area contributed by atoms with Crippen molar-refractivity contribution in [3.63, 3.8) is 0 Å². The van der Waals surface area contributed by atoms with Gasteiger partial charge in [0.2, 0.25) is 0 Å². The van der Waals surface area contributed by atoms with Crippen LogP contribution in [0.1, 0.15) is 18.5 Å². The van der Waals surface area contributed by atoms with E-state index >= 15 is 0 Å². The summed E-state index contributed by atoms with van der Waals surface area (Å²) in [5, 5.41) is 26.5. The Morgan fingerprint density at radius 1 is 1.18 bits per heavy atom. The van der Waals surface area contributed by atoms with E-state index in [2.05, 4.69) is 10.1 Å². The number of imidazole rings is 1. The molecule has 2 heterocycles. The summed E-state index contributed by atoms with van der Waals surface area (Å²) in [5.74, 6) is -1.79. The number of hydrogen-bond donors (Lipinski definition) is 1. The third-order valence-electron chi connectivity index (χ3n) is 5.52. The first-order valence-corrected chi connectivity index (χ1v) is 9.75. The first-order chi connectivity index (χ1) is 15.7. The average Bonchev–Trinajstić information content (AvgIpc) is 3.42. The molecule has 0 radical (unpaired) electrons. The first kappa shape index (κ1) is 22.0. The maximum atomic E-state index is 14.7. The Kier molecular flexibility index (Phi) is 5.60. The fourth-order valence-electron chi connectivity index (χ4n) is 3.69. The van der Waals surface area contributed by atoms with Crippen LogP contribution in [-0.4, -0.2) is 33.9 Å². The van der Waals surface area contributed by atoms with Gasteiger partial charge in [0.1, 0.15) is 29.9 Å². The number of nitro groups is 1. The van der Waals surface area contributed by atoms with Crippen molar-refractivity contribution in [2.45, 2.75) is 25.1 Å². The molecule has 2 aromatic heterocycles. The quantitative estimate of drug-likeness (QED) is 0.337. The van der Waals surface area contributed by atoms with Crippen molar-refractivity contribution in [1.29, 1.82) is 0 Å². The van der Waals surface area contributed by atoms with Crippen molar-refractivity contribution >= 4 is 5.69 Å². The van der Waals surface area contributed by atoms with Crippen LogP contribution in [0, 0.1) is 21.7 Å². The number of aliphatic hydroxyl groups is 1. The number of benzene rings is 2. The number of aromatic nitrogens is 5. The van der Waals surface area contributed by atoms with E-state index in [1.165, 1.54) is 70.1 Å². The molecule has 33 heavy (non-hydrogen) atoms. The minimum absolute atomic E-state index is 0.131. The standard InChI is InChI=1S/C21H18F2N6O4/c1-14(27-8-9-28(20(27)30)16-3-5-17(6-4-16)29(32)33)21(31,11-26-13-24-12-25-26)18-7-2-15(22)10-19(18)23/h2-10,12-14,31H,11H2,1H3/t14-,21-/m1/s1. The van der Waals surface area contributed by atoms with Gasteiger partial charge in [0.15, 0.2) is 0 Å². The molecule has 170 valence electrons. The number of hydrogen-bond acceptors (Lipinski definition) is 6. The third kappa shape index (κ3) is 4.03. The zero-order valence-corrected chi connectivity index (χ0v) is 17.2. The molecule has 0 unspecified atom stereocenters. The van der Waals surface area contributed by atoms with Gasteiger partial charge in [0, 0.05) is 36.2 Å². The molecule has 0 spiro atoms. The monoisotopic (exact) mass is 456 g/mol. The predicted molar refractivity (Wildman–Crippen MR) is 112 cm³/mol. The van der Waals surface area contributed by atoms with Crippen LogP contribution < -0.4 is 5.69 Å². The van der Waals surface area contributed by atoms with Gasteiger partial charge in [-0.1, -0.05) is 6.07 Å². The predicted octanol–water partition coefficient (Wildman–Crippen LogP) is 2.57. The van der Waals surface area contributed by atoms with Gasteiger partial charge in [-0.3, -0.25) is 19.2 Å². The Balaban J connectivity index is 1.77. The van der Waals surface area contributed by atoms with E-state index in [-0.39, 0.29) is 17.8 Å². The summed E-state index contributed by atoms with van der Waals surface area (Å²) in [6, 6.07) is 7.10. The van der Waals surface area contributed by atoms with E-state index in [1.807, 2.05) is 0 Å². The van der Waals surface area contributed by atoms with E-state index in [1.54, 1.807) is 0 Å². The van der Waals surface area contributed by atoms with Gasteiger partial charge in [0.25, 0.3) is 5.69 Å². The van der Waals surface area contributed by atoms with Crippen molar-refractivity contribution in [3.05, 3.63) is 105 Å². The highest BCUT2D eigenvalue weighted by molar-refractivity contribution is 5.40. The minimum atomic E-state index is -2.02. The molecule has 2 aromatic carbocycles. The summed E-state index contributed by atoms with van der Waals surface area (Å²) >= 11 is 0. The number of rotatable bonds is 7. The summed E-state index contributed by atoms with van der Waals surface area (Å²) in [6.45, 7) is 1.24. The summed E-state index contributed by atoms with van der Waals surface area (Å²) in [6.07, 6.45) is 5.40. The molecule has 4 aromatic rings. The highest BCUT2D eigenvalue weighted by atomic mass is 19.1. The van der Waals surface area contributed by atoms with E-state index in [4.69, 9.17) is 0 Å². The van der Waals surface area contributed by atoms with Crippen molar-refractivity contribution in [2.24, 2.45) is 0 Å². The van der Waals surface area contributed by atoms with E-state index in [0.29, 0.717) is 11.8 Å². The first-order valence-electron chi connectivity index (χ1n) is 9.75. The van der Waals surface area contributed by atoms with Gasteiger partial charge in [0.05, 0.1) is 23.2 Å². The van der Waals surface area contributed by atoms with Crippen LogP contribution in [0.5, 0.6) is 0 Å². The number of non-ortho nitro benzene ring substituents is 1. The summed E-state index contributed by atoms with van der Waals surface area (Å²) in [5.41, 5.74) is -2.58. The molecule has 0 amide bonds. The molecule has 0 saturated carbocycles. The van der Waals surface area contributed by atoms with Gasteiger partial charge in [-0.25, -0.2) is 23.2 Å². The average molecular weight is 456 g/mol. The lowest BCUT2D eigenvalue weighted by atomic mass is 9.86. The van der Waals surface area contributed by atoms with Gasteiger partial charge < -0.3 is 5.11 Å². The second-order valence-electron chi connectivity index (χ2n) is 7.45. The molecule has 0 fully saturated rings. The largest absolute Gasteiger partial charge is 0.381 e. The topological polar surface area (TPSA) is 121 Å². The van der Waals surface area contributed by atoms with Gasteiger partial charge in [-0.2, -0.15) is 5.10 Å². The SMILES string of the molecule is C[C@@H](n1ccn(-c2ccc([N+](=O)[O-])cc2)c1=O)[C@](O)(Cn1cncn1)c1ccc(F)cc1F. The Labute approximate surface area is 185 Å². The van der Waals surface area contributed by atoms with Gasteiger partial charge in [-0.05, 0) is 25.1 Å². The molecule has 1 N–H and O–H groups in total. The number of nitro benzene ring substituents is 1. The van der Waals surface area contributed by atoms with Crippen LogP contribution in [0.3, 0.4) is 0 Å². The van der Waals surface area contributed by atoms with Crippen LogP contribution in [0.15, 0.2) is 72.3 Å². The molecule has 2 atom stereocenters. The molecular weight excluding hydrogens is 438 g/mol. The van der Waals surface area contributed by atoms with Crippen LogP contribution in [0.2, 0.25) is 0 Å². The fourth-order valence-corrected chi connectivity index (χ4v) is 3.69. The zero-order valence-electron chi connectivity index (χ0n) is 17.2. The Morgan fingerprint density at radius 2 is 1.91 bits per heavy atom. The van der Waals surface area contributed by atoms with Crippen molar-refractivity contribution in [1.82, 2.24) is 23.9 Å². The molecule has 4 rings (SSSR count). The normalized spacial score (nSPS) is 14.1. The minimum Gasteiger partial charge on any atom is -0.381 e. The molecular formula is C21H18F2N6O4. The zero-order chi connectivity index (χ0) is 23.8. The van der Waals surface area contributed by atoms with Crippen LogP contribution >= 0.6 is 0 Å². The Bertz CT molecular complexity index is 1350. The van der Waals surface area contributed by atoms with Crippen LogP contribution in [-0.2, 0) is 12.1 Å². The molecule has 0 aliphatic heterocycles. The Hall–Kier alpha value is -4.19. The third-order valence-corrected chi connectivity index (χ3v) is 5.52. The number of nitrogens with zero attached hydrogens (tertiary/aromatic N) is 6. The summed E-state index contributed by atoms with van der Waals surface area (Å²) < 4.78 is 32.0. The number of halogens is 2. The van der Waals surface area contributed by atoms with Crippen molar-refractivity contribution in [3.8, 4) is 5.69 Å². The van der Waals surface area contributed by atoms with E-state index in [9.17, 15) is 28.8 Å². The lowest BCUT2D eigenvalue weighted by molar-refractivity contribution is -0.384. The highest BCUT2D eigenvalue weighted by Crippen LogP contribution is 2.36. The van der Waals surface area contributed by atoms with Gasteiger partial charge >= 0.3 is 5.69 Å². The molecule has 10 nitrogen and oxygen atoms in total. The maximum absolute atomic E-state index is 14.7. The molecule has 0 bridgehead atoms. The van der Waals surface area contributed by atoms with E-state index < -0.39 is 33.9 Å². The lowest BCUT2D eigenvalue weighted by Gasteiger charge is -2.35. The molecule has 0 aliphatic rings. The van der Waals surface area contributed by atoms with Gasteiger partial charge in [-0.15, -0.1) is 0 Å². The molecule has 0 aliphatic carbocycles. The fraction of sp³-hybridized carbons (Fsp3) is 0.190. The highest BCUT2D eigenvalue weighted by Gasteiger charge is 2.41. The van der Waals surface area contributed by atoms with E-state index in [0.717, 1.165) is 12.1 Å². The molecule has 12 heteroatoms. The Morgan fingerprint density at radius 3 is 2.52 bits per heavy atom. The smallest absolute Gasteiger partial charge is 0.333 e. The van der Waals surface area contributed by atoms with Crippen LogP contribution in [0.25, 0.3) is 5.69 Å². The molecule has 0 saturated heterocycles. The van der Waals surface area contributed by atoms with Crippen molar-refractivity contribution < 1.29 is 18.8 Å². The second-order valence-corrected chi connectivity index (χ2v) is 7.45. The lowest BCUT2D eigenvalue weighted by Crippen LogP contribution is -2.43. The summed E-state index contributed by atoms with van der Waals surface area (Å²) in [4.78, 5) is 27.3. The van der Waals surface area contributed by atoms with Crippen molar-refractivity contribution in [2.75, 3.05) is 0 Å². The maximum Gasteiger partial charge on any atom is 0.333 e. The summed E-state index contributed by atoms with van der Waals surface area (Å²) in [7, 11) is 0. The second kappa shape index (κ2) is 8.39. The van der Waals surface area contributed by atoms with Crippen LogP contribution in [0.4, 0.5) is 14.5 Å².